The predicted molar refractivity (Wildman–Crippen MR) is 12.7 cm³/mol. The fourth-order valence-corrected chi connectivity index (χ4v) is 0.251. The topological polar surface area (TPSA) is 43.4 Å². The molecule has 0 bridgehead atoms. The number of hydrogen-bond donors (Lipinski definition) is 0. The molecule has 0 radical (unpaired) electrons. The monoisotopic (exact) mass is 126 g/mol. The van der Waals surface area contributed by atoms with Crippen LogP contribution in [0, 0.1) is 0 Å². The van der Waals surface area contributed by atoms with Crippen LogP contribution in [0.2, 0.25) is 0 Å². The Hall–Kier alpha value is -0.276. The molecule has 0 fully saturated rings. The van der Waals surface area contributed by atoms with E-state index in [1.165, 1.54) is 0 Å². The van der Waals surface area contributed by atoms with Crippen LogP contribution in [0.15, 0.2) is 12.8 Å². The normalized spacial score (nSPS) is 6.67. The fourth-order valence-electron chi connectivity index (χ4n) is 0.0609. The summed E-state index contributed by atoms with van der Waals surface area (Å²) in [5, 5.41) is 0. The first kappa shape index (κ1) is 5.72. The zero-order valence-electron chi connectivity index (χ0n) is 2.96. The van der Waals surface area contributed by atoms with Gasteiger partial charge in [0.25, 0.3) is 0 Å². The van der Waals surface area contributed by atoms with Crippen LogP contribution in [0.4, 0.5) is 0 Å². The molecule has 6 heavy (non-hydrogen) atoms. The number of rotatable bonds is 2. The fraction of sp³-hybridized carbons (Fsp3) is 0. The summed E-state index contributed by atoms with van der Waals surface area (Å²) in [6.07, 6.45) is 0.889. The van der Waals surface area contributed by atoms with Gasteiger partial charge in [-0.25, -0.2) is 0 Å². The molecule has 0 saturated carbocycles. The quantitative estimate of drug-likeness (QED) is 0.502. The maximum absolute atomic E-state index is 9.42. The van der Waals surface area contributed by atoms with Crippen molar-refractivity contribution < 1.29 is 26.4 Å². The predicted octanol–water partition coefficient (Wildman–Crippen LogP) is 0.371. The van der Waals surface area contributed by atoms with Gasteiger partial charge in [-0.2, -0.15) is 0 Å². The van der Waals surface area contributed by atoms with E-state index in [-0.39, 0.29) is 0 Å². The van der Waals surface area contributed by atoms with Gasteiger partial charge in [-0.1, -0.05) is 0 Å². The SMILES string of the molecule is C=C[O][V](=[O])=[O]. The summed E-state index contributed by atoms with van der Waals surface area (Å²) in [5.41, 5.74) is 0. The van der Waals surface area contributed by atoms with Crippen molar-refractivity contribution in [2.45, 2.75) is 0 Å². The molecule has 0 aromatic rings. The van der Waals surface area contributed by atoms with Crippen molar-refractivity contribution in [1.29, 1.82) is 0 Å². The molecule has 0 saturated heterocycles. The van der Waals surface area contributed by atoms with Crippen molar-refractivity contribution in [3.63, 3.8) is 0 Å². The first-order chi connectivity index (χ1) is 2.77. The first-order valence-electron chi connectivity index (χ1n) is 1.19. The van der Waals surface area contributed by atoms with Gasteiger partial charge in [0, 0.05) is 0 Å². The molecule has 34 valence electrons. The van der Waals surface area contributed by atoms with Gasteiger partial charge in [0.2, 0.25) is 0 Å². The van der Waals surface area contributed by atoms with Crippen LogP contribution < -0.4 is 0 Å². The molecule has 0 aliphatic carbocycles. The maximum atomic E-state index is 9.42. The van der Waals surface area contributed by atoms with E-state index >= 15 is 0 Å². The van der Waals surface area contributed by atoms with E-state index in [0.717, 1.165) is 6.26 Å². The summed E-state index contributed by atoms with van der Waals surface area (Å²) >= 11 is -3.34. The average molecular weight is 126 g/mol. The molecule has 3 nitrogen and oxygen atoms in total. The molecular weight excluding hydrogens is 123 g/mol. The molecule has 0 rings (SSSR count). The van der Waals surface area contributed by atoms with Crippen LogP contribution in [0.25, 0.3) is 0 Å². The van der Waals surface area contributed by atoms with Gasteiger partial charge in [-0.15, -0.1) is 0 Å². The second kappa shape index (κ2) is 2.94. The summed E-state index contributed by atoms with van der Waals surface area (Å²) in [4.78, 5) is 0. The third kappa shape index (κ3) is 3.72. The molecule has 0 aromatic carbocycles. The van der Waals surface area contributed by atoms with Gasteiger partial charge in [0.1, 0.15) is 0 Å². The molecule has 0 aliphatic rings. The van der Waals surface area contributed by atoms with Gasteiger partial charge in [0.15, 0.2) is 0 Å². The van der Waals surface area contributed by atoms with Crippen molar-refractivity contribution >= 4 is 0 Å². The third-order valence-corrected chi connectivity index (χ3v) is 0.662. The molecule has 0 aliphatic heterocycles. The van der Waals surface area contributed by atoms with Crippen LogP contribution in [-0.4, -0.2) is 0 Å². The van der Waals surface area contributed by atoms with Gasteiger partial charge >= 0.3 is 39.3 Å². The molecule has 0 atom stereocenters. The van der Waals surface area contributed by atoms with Crippen LogP contribution in [0.1, 0.15) is 0 Å². The van der Waals surface area contributed by atoms with E-state index in [2.05, 4.69) is 10.2 Å². The average Bonchev–Trinajstić information content (AvgIpc) is 1.35. The Morgan fingerprint density at radius 2 is 2.17 bits per heavy atom. The van der Waals surface area contributed by atoms with Crippen molar-refractivity contribution in [2.75, 3.05) is 0 Å². The molecule has 0 heterocycles. The molecule has 0 spiro atoms. The van der Waals surface area contributed by atoms with Crippen molar-refractivity contribution in [3.05, 3.63) is 12.8 Å². The zero-order valence-corrected chi connectivity index (χ0v) is 4.35. The summed E-state index contributed by atoms with van der Waals surface area (Å²) in [5.74, 6) is 0. The Labute approximate surface area is 40.0 Å². The minimum atomic E-state index is -3.34. The standard InChI is InChI=1S/C2H4O.2O.V/c1-2-3;;;/h2-3H,1H2;;;/q;;;+1/p-1. The molecular formula is C2H3O3V. The van der Waals surface area contributed by atoms with E-state index in [0.29, 0.717) is 0 Å². The van der Waals surface area contributed by atoms with Crippen LogP contribution in [0.3, 0.4) is 0 Å². The van der Waals surface area contributed by atoms with Gasteiger partial charge in [0.05, 0.1) is 0 Å². The van der Waals surface area contributed by atoms with Crippen molar-refractivity contribution in [3.8, 4) is 0 Å². The summed E-state index contributed by atoms with van der Waals surface area (Å²) in [7, 11) is 0. The third-order valence-electron chi connectivity index (χ3n) is 0.161. The van der Waals surface area contributed by atoms with E-state index in [9.17, 15) is 7.35 Å². The zero-order chi connectivity index (χ0) is 4.99. The van der Waals surface area contributed by atoms with Crippen LogP contribution >= 0.6 is 0 Å². The second-order valence-corrected chi connectivity index (χ2v) is 1.52. The van der Waals surface area contributed by atoms with Gasteiger partial charge in [-0.3, -0.25) is 0 Å². The molecule has 0 N–H and O–H groups in total. The Bertz CT molecular complexity index is 95.4. The van der Waals surface area contributed by atoms with E-state index in [1.54, 1.807) is 0 Å². The van der Waals surface area contributed by atoms with Crippen molar-refractivity contribution in [1.82, 2.24) is 0 Å². The Morgan fingerprint density at radius 1 is 1.67 bits per heavy atom. The van der Waals surface area contributed by atoms with Crippen molar-refractivity contribution in [2.24, 2.45) is 0 Å². The Morgan fingerprint density at radius 3 is 2.17 bits per heavy atom. The molecule has 0 aromatic heterocycles. The van der Waals surface area contributed by atoms with Gasteiger partial charge in [-0.05, 0) is 0 Å². The first-order valence-corrected chi connectivity index (χ1v) is 2.90. The Kier molecular flexibility index (Phi) is 2.80. The summed E-state index contributed by atoms with van der Waals surface area (Å²) < 4.78 is 22.7. The van der Waals surface area contributed by atoms with Gasteiger partial charge < -0.3 is 0 Å². The van der Waals surface area contributed by atoms with E-state index in [4.69, 9.17) is 0 Å². The van der Waals surface area contributed by atoms with Crippen LogP contribution in [0.5, 0.6) is 0 Å². The molecule has 4 heteroatoms. The molecule has 0 amide bonds. The van der Waals surface area contributed by atoms with E-state index in [1.807, 2.05) is 0 Å². The minimum absolute atomic E-state index is 0.889. The van der Waals surface area contributed by atoms with E-state index < -0.39 is 15.4 Å². The second-order valence-electron chi connectivity index (χ2n) is 0.496. The Balaban J connectivity index is 3.32. The summed E-state index contributed by atoms with van der Waals surface area (Å²) in [6.45, 7) is 3.02. The molecule has 0 unspecified atom stereocenters. The number of hydrogen-bond acceptors (Lipinski definition) is 3. The van der Waals surface area contributed by atoms with Crippen LogP contribution in [-0.2, 0) is 26.4 Å². The summed E-state index contributed by atoms with van der Waals surface area (Å²) in [6, 6.07) is 0.